The van der Waals surface area contributed by atoms with Crippen molar-refractivity contribution in [2.24, 2.45) is 0 Å². The van der Waals surface area contributed by atoms with Gasteiger partial charge in [0.15, 0.2) is 12.4 Å². The summed E-state index contributed by atoms with van der Waals surface area (Å²) in [6.07, 6.45) is -2.50. The largest absolute Gasteiger partial charge is 0.455 e. The average Bonchev–Trinajstić information content (AvgIpc) is 2.80. The summed E-state index contributed by atoms with van der Waals surface area (Å²) >= 11 is 0. The molecule has 12 nitrogen and oxygen atoms in total. The Hall–Kier alpha value is -3.90. The molecule has 3 rings (SSSR count). The number of carbonyl (C=O) groups is 2. The van der Waals surface area contributed by atoms with E-state index in [0.717, 1.165) is 0 Å². The molecule has 0 saturated carbocycles. The number of esters is 2. The SMILES string of the molecule is CO[C@H]1C[C@@H](OC(=O)c2ccc([N+](=O)[O-])cc2)[C@H](OC(=O)c2ccc([N+](=O)[O-])cc2)CO1. The van der Waals surface area contributed by atoms with Crippen LogP contribution in [-0.4, -0.2) is 54.0 Å². The lowest BCUT2D eigenvalue weighted by atomic mass is 10.1. The van der Waals surface area contributed by atoms with Crippen molar-refractivity contribution in [2.45, 2.75) is 24.9 Å². The van der Waals surface area contributed by atoms with Crippen LogP contribution in [-0.2, 0) is 18.9 Å². The summed E-state index contributed by atoms with van der Waals surface area (Å²) in [7, 11) is 1.41. The van der Waals surface area contributed by atoms with Crippen LogP contribution in [0.25, 0.3) is 0 Å². The minimum atomic E-state index is -0.967. The van der Waals surface area contributed by atoms with Crippen molar-refractivity contribution in [1.29, 1.82) is 0 Å². The van der Waals surface area contributed by atoms with E-state index in [1.165, 1.54) is 55.6 Å². The van der Waals surface area contributed by atoms with Crippen LogP contribution < -0.4 is 0 Å². The molecule has 0 bridgehead atoms. The van der Waals surface area contributed by atoms with E-state index in [2.05, 4.69) is 0 Å². The molecule has 32 heavy (non-hydrogen) atoms. The van der Waals surface area contributed by atoms with Crippen LogP contribution in [0.3, 0.4) is 0 Å². The minimum Gasteiger partial charge on any atom is -0.455 e. The fourth-order valence-corrected chi connectivity index (χ4v) is 2.97. The highest BCUT2D eigenvalue weighted by atomic mass is 16.7. The van der Waals surface area contributed by atoms with Gasteiger partial charge < -0.3 is 18.9 Å². The molecule has 0 radical (unpaired) electrons. The number of benzene rings is 2. The molecule has 3 atom stereocenters. The number of methoxy groups -OCH3 is 1. The lowest BCUT2D eigenvalue weighted by molar-refractivity contribution is -0.385. The van der Waals surface area contributed by atoms with E-state index in [1.54, 1.807) is 0 Å². The van der Waals surface area contributed by atoms with Crippen LogP contribution >= 0.6 is 0 Å². The van der Waals surface area contributed by atoms with Crippen molar-refractivity contribution in [3.05, 3.63) is 79.9 Å². The monoisotopic (exact) mass is 446 g/mol. The number of nitro groups is 2. The fourth-order valence-electron chi connectivity index (χ4n) is 2.97. The summed E-state index contributed by atoms with van der Waals surface area (Å²) in [5, 5.41) is 21.5. The number of ether oxygens (including phenoxy) is 4. The molecule has 168 valence electrons. The predicted molar refractivity (Wildman–Crippen MR) is 106 cm³/mol. The molecular formula is C20H18N2O10. The van der Waals surface area contributed by atoms with E-state index in [9.17, 15) is 29.8 Å². The summed E-state index contributed by atoms with van der Waals surface area (Å²) in [5.74, 6) is -1.54. The van der Waals surface area contributed by atoms with E-state index in [1.807, 2.05) is 0 Å². The predicted octanol–water partition coefficient (Wildman–Crippen LogP) is 2.65. The van der Waals surface area contributed by atoms with Crippen LogP contribution in [0.5, 0.6) is 0 Å². The highest BCUT2D eigenvalue weighted by molar-refractivity contribution is 5.90. The zero-order valence-corrected chi connectivity index (χ0v) is 16.7. The van der Waals surface area contributed by atoms with Gasteiger partial charge in [0.25, 0.3) is 11.4 Å². The van der Waals surface area contributed by atoms with E-state index in [-0.39, 0.29) is 35.5 Å². The summed E-state index contributed by atoms with van der Waals surface area (Å²) in [4.78, 5) is 45.3. The van der Waals surface area contributed by atoms with Crippen LogP contribution in [0, 0.1) is 20.2 Å². The zero-order chi connectivity index (χ0) is 23.3. The molecule has 0 aliphatic carbocycles. The molecule has 0 unspecified atom stereocenters. The molecule has 1 fully saturated rings. The molecule has 2 aromatic rings. The fraction of sp³-hybridized carbons (Fsp3) is 0.300. The average molecular weight is 446 g/mol. The molecule has 0 aromatic heterocycles. The Balaban J connectivity index is 1.70. The van der Waals surface area contributed by atoms with Gasteiger partial charge in [-0.2, -0.15) is 0 Å². The van der Waals surface area contributed by atoms with Gasteiger partial charge in [0.2, 0.25) is 0 Å². The van der Waals surface area contributed by atoms with E-state index in [0.29, 0.717) is 0 Å². The highest BCUT2D eigenvalue weighted by Crippen LogP contribution is 2.24. The first-order valence-electron chi connectivity index (χ1n) is 9.33. The van der Waals surface area contributed by atoms with Crippen LogP contribution in [0.1, 0.15) is 27.1 Å². The Morgan fingerprint density at radius 1 is 0.844 bits per heavy atom. The molecule has 12 heteroatoms. The van der Waals surface area contributed by atoms with Crippen molar-refractivity contribution in [3.8, 4) is 0 Å². The highest BCUT2D eigenvalue weighted by Gasteiger charge is 2.37. The van der Waals surface area contributed by atoms with E-state index >= 15 is 0 Å². The summed E-state index contributed by atoms with van der Waals surface area (Å²) in [5.41, 5.74) is -0.205. The minimum absolute atomic E-state index is 0.0740. The Bertz CT molecular complexity index is 1010. The van der Waals surface area contributed by atoms with Gasteiger partial charge in [0, 0.05) is 37.8 Å². The van der Waals surface area contributed by atoms with Crippen molar-refractivity contribution >= 4 is 23.3 Å². The van der Waals surface area contributed by atoms with Gasteiger partial charge in [-0.25, -0.2) is 9.59 Å². The Kier molecular flexibility index (Phi) is 7.07. The van der Waals surface area contributed by atoms with Gasteiger partial charge in [0.1, 0.15) is 6.10 Å². The second-order valence-electron chi connectivity index (χ2n) is 6.73. The first-order chi connectivity index (χ1) is 15.3. The van der Waals surface area contributed by atoms with Gasteiger partial charge >= 0.3 is 11.9 Å². The molecule has 1 aliphatic heterocycles. The molecule has 2 aromatic carbocycles. The maximum Gasteiger partial charge on any atom is 0.338 e. The summed E-state index contributed by atoms with van der Waals surface area (Å²) < 4.78 is 21.5. The second-order valence-corrected chi connectivity index (χ2v) is 6.73. The number of nitrogens with zero attached hydrogens (tertiary/aromatic N) is 2. The van der Waals surface area contributed by atoms with Crippen LogP contribution in [0.2, 0.25) is 0 Å². The van der Waals surface area contributed by atoms with Gasteiger partial charge in [-0.3, -0.25) is 20.2 Å². The standard InChI is InChI=1S/C20H18N2O10/c1-29-18-10-16(31-19(23)12-2-6-14(7-3-12)21(25)26)17(11-30-18)32-20(24)13-4-8-15(9-5-13)22(27)28/h2-9,16-18H,10-11H2,1H3/t16-,17-,18-/m1/s1. The second kappa shape index (κ2) is 9.94. The first kappa shape index (κ1) is 22.8. The summed E-state index contributed by atoms with van der Waals surface area (Å²) in [6.45, 7) is -0.116. The van der Waals surface area contributed by atoms with Crippen LogP contribution in [0.15, 0.2) is 48.5 Å². The topological polar surface area (TPSA) is 157 Å². The lowest BCUT2D eigenvalue weighted by Crippen LogP contribution is -2.46. The Labute approximate surface area is 180 Å². The van der Waals surface area contributed by atoms with Crippen molar-refractivity contribution in [3.63, 3.8) is 0 Å². The maximum absolute atomic E-state index is 12.5. The molecule has 0 spiro atoms. The van der Waals surface area contributed by atoms with Gasteiger partial charge in [0.05, 0.1) is 27.6 Å². The molecular weight excluding hydrogens is 428 g/mol. The van der Waals surface area contributed by atoms with Crippen molar-refractivity contribution in [2.75, 3.05) is 13.7 Å². The maximum atomic E-state index is 12.5. The van der Waals surface area contributed by atoms with Crippen molar-refractivity contribution < 1.29 is 38.4 Å². The number of hydrogen-bond acceptors (Lipinski definition) is 10. The normalized spacial score (nSPS) is 20.2. The number of carbonyl (C=O) groups excluding carboxylic acids is 2. The number of non-ortho nitro benzene ring substituents is 2. The van der Waals surface area contributed by atoms with Gasteiger partial charge in [-0.15, -0.1) is 0 Å². The first-order valence-corrected chi connectivity index (χ1v) is 9.33. The Morgan fingerprint density at radius 3 is 1.69 bits per heavy atom. The Morgan fingerprint density at radius 2 is 1.28 bits per heavy atom. The third-order valence-corrected chi connectivity index (χ3v) is 4.69. The van der Waals surface area contributed by atoms with Crippen LogP contribution in [0.4, 0.5) is 11.4 Å². The van der Waals surface area contributed by atoms with E-state index in [4.69, 9.17) is 18.9 Å². The lowest BCUT2D eigenvalue weighted by Gasteiger charge is -2.34. The smallest absolute Gasteiger partial charge is 0.338 e. The quantitative estimate of drug-likeness (QED) is 0.352. The van der Waals surface area contributed by atoms with Crippen molar-refractivity contribution in [1.82, 2.24) is 0 Å². The molecule has 1 saturated heterocycles. The summed E-state index contributed by atoms with van der Waals surface area (Å²) in [6, 6.07) is 9.69. The van der Waals surface area contributed by atoms with Gasteiger partial charge in [-0.1, -0.05) is 0 Å². The number of hydrogen-bond donors (Lipinski definition) is 0. The molecule has 0 amide bonds. The molecule has 1 heterocycles. The zero-order valence-electron chi connectivity index (χ0n) is 16.7. The molecule has 0 N–H and O–H groups in total. The third kappa shape index (κ3) is 5.42. The number of nitro benzene ring substituents is 2. The third-order valence-electron chi connectivity index (χ3n) is 4.69. The molecule has 1 aliphatic rings. The van der Waals surface area contributed by atoms with E-state index < -0.39 is 40.3 Å². The van der Waals surface area contributed by atoms with Gasteiger partial charge in [-0.05, 0) is 24.3 Å². The number of rotatable bonds is 7.